The van der Waals surface area contributed by atoms with E-state index in [0.29, 0.717) is 10.6 Å². The van der Waals surface area contributed by atoms with Crippen molar-refractivity contribution in [1.82, 2.24) is 0 Å². The molecule has 0 aliphatic carbocycles. The van der Waals surface area contributed by atoms with Crippen molar-refractivity contribution in [1.29, 1.82) is 0 Å². The zero-order valence-electron chi connectivity index (χ0n) is 13.8. The lowest BCUT2D eigenvalue weighted by Gasteiger charge is -2.17. The molecule has 0 fully saturated rings. The summed E-state index contributed by atoms with van der Waals surface area (Å²) in [6, 6.07) is 11.0. The van der Waals surface area contributed by atoms with Crippen LogP contribution in [0.25, 0.3) is 0 Å². The Bertz CT molecular complexity index is 793. The Kier molecular flexibility index (Phi) is 4.61. The normalized spacial score (nSPS) is 11.7. The molecule has 0 spiro atoms. The summed E-state index contributed by atoms with van der Waals surface area (Å²) in [5, 5.41) is 0. The van der Waals surface area contributed by atoms with Crippen LogP contribution in [-0.4, -0.2) is 8.42 Å². The molecule has 118 valence electrons. The van der Waals surface area contributed by atoms with Crippen LogP contribution in [0.15, 0.2) is 41.3 Å². The Morgan fingerprint density at radius 3 is 2.18 bits per heavy atom. The van der Waals surface area contributed by atoms with Crippen LogP contribution in [-0.2, 0) is 10.0 Å². The molecule has 2 rings (SSSR count). The van der Waals surface area contributed by atoms with Crippen LogP contribution in [0.4, 0.5) is 5.69 Å². The fourth-order valence-electron chi connectivity index (χ4n) is 2.39. The molecule has 0 aliphatic rings. The summed E-state index contributed by atoms with van der Waals surface area (Å²) in [5.74, 6) is 0.248. The smallest absolute Gasteiger partial charge is 0.261 e. The summed E-state index contributed by atoms with van der Waals surface area (Å²) in [4.78, 5) is 0.300. The molecule has 1 N–H and O–H groups in total. The van der Waals surface area contributed by atoms with Gasteiger partial charge in [0.15, 0.2) is 0 Å². The summed E-state index contributed by atoms with van der Waals surface area (Å²) >= 11 is 0. The van der Waals surface area contributed by atoms with Gasteiger partial charge in [-0.15, -0.1) is 0 Å². The molecule has 0 saturated carbocycles. The lowest BCUT2D eigenvalue weighted by Crippen LogP contribution is -2.16. The predicted octanol–water partition coefficient (Wildman–Crippen LogP) is 4.54. The molecule has 0 aliphatic heterocycles. The quantitative estimate of drug-likeness (QED) is 0.900. The van der Waals surface area contributed by atoms with Crippen molar-refractivity contribution < 1.29 is 8.42 Å². The second-order valence-electron chi connectivity index (χ2n) is 6.05. The van der Waals surface area contributed by atoms with Gasteiger partial charge in [-0.3, -0.25) is 4.72 Å². The van der Waals surface area contributed by atoms with Gasteiger partial charge in [-0.2, -0.15) is 0 Å². The molecule has 0 atom stereocenters. The molecular weight excluding hydrogens is 294 g/mol. The van der Waals surface area contributed by atoms with Crippen molar-refractivity contribution in [2.24, 2.45) is 0 Å². The van der Waals surface area contributed by atoms with Crippen molar-refractivity contribution in [3.63, 3.8) is 0 Å². The van der Waals surface area contributed by atoms with E-state index < -0.39 is 10.0 Å². The molecule has 4 heteroatoms. The van der Waals surface area contributed by atoms with Crippen molar-refractivity contribution in [2.75, 3.05) is 4.72 Å². The molecule has 22 heavy (non-hydrogen) atoms. The average Bonchev–Trinajstić information content (AvgIpc) is 2.43. The molecule has 2 aromatic rings. The molecule has 0 heterocycles. The Balaban J connectivity index is 2.47. The van der Waals surface area contributed by atoms with E-state index >= 15 is 0 Å². The van der Waals surface area contributed by atoms with Gasteiger partial charge in [-0.25, -0.2) is 8.42 Å². The fourth-order valence-corrected chi connectivity index (χ4v) is 3.63. The number of hydrogen-bond acceptors (Lipinski definition) is 2. The largest absolute Gasteiger partial charge is 0.279 e. The van der Waals surface area contributed by atoms with Crippen LogP contribution in [0.2, 0.25) is 0 Å². The van der Waals surface area contributed by atoms with E-state index in [9.17, 15) is 8.42 Å². The molecule has 0 bridgehead atoms. The van der Waals surface area contributed by atoms with Gasteiger partial charge in [0, 0.05) is 0 Å². The van der Waals surface area contributed by atoms with E-state index in [1.807, 2.05) is 45.0 Å². The summed E-state index contributed by atoms with van der Waals surface area (Å²) in [6.07, 6.45) is 0. The maximum atomic E-state index is 12.7. The highest BCUT2D eigenvalue weighted by molar-refractivity contribution is 7.92. The summed E-state index contributed by atoms with van der Waals surface area (Å²) in [5.41, 5.74) is 4.68. The molecule has 0 unspecified atom stereocenters. The number of nitrogens with one attached hydrogen (secondary N) is 1. The standard InChI is InChI=1S/C18H23NO2S/c1-12(2)17-8-6-7-14(4)18(17)19-22(20,21)16-10-9-13(3)15(5)11-16/h6-12,19H,1-5H3. The van der Waals surface area contributed by atoms with Crippen LogP contribution < -0.4 is 4.72 Å². The van der Waals surface area contributed by atoms with E-state index in [0.717, 1.165) is 22.3 Å². The fraction of sp³-hybridized carbons (Fsp3) is 0.333. The van der Waals surface area contributed by atoms with Gasteiger partial charge < -0.3 is 0 Å². The Morgan fingerprint density at radius 1 is 0.909 bits per heavy atom. The third-order valence-corrected chi connectivity index (χ3v) is 5.30. The molecule has 0 radical (unpaired) electrons. The van der Waals surface area contributed by atoms with Crippen molar-refractivity contribution in [3.05, 3.63) is 58.7 Å². The molecule has 0 aromatic heterocycles. The van der Waals surface area contributed by atoms with Crippen molar-refractivity contribution >= 4 is 15.7 Å². The van der Waals surface area contributed by atoms with Gasteiger partial charge in [-0.1, -0.05) is 38.1 Å². The first-order valence-electron chi connectivity index (χ1n) is 7.42. The predicted molar refractivity (Wildman–Crippen MR) is 92.0 cm³/mol. The molecular formula is C18H23NO2S. The summed E-state index contributed by atoms with van der Waals surface area (Å²) < 4.78 is 28.1. The summed E-state index contributed by atoms with van der Waals surface area (Å²) in [7, 11) is -3.58. The minimum absolute atomic E-state index is 0.248. The third kappa shape index (κ3) is 3.33. The van der Waals surface area contributed by atoms with E-state index in [-0.39, 0.29) is 5.92 Å². The van der Waals surface area contributed by atoms with Gasteiger partial charge in [0.05, 0.1) is 10.6 Å². The molecule has 3 nitrogen and oxygen atoms in total. The van der Waals surface area contributed by atoms with Crippen LogP contribution in [0.5, 0.6) is 0 Å². The highest BCUT2D eigenvalue weighted by Crippen LogP contribution is 2.29. The first-order chi connectivity index (χ1) is 10.2. The topological polar surface area (TPSA) is 46.2 Å². The highest BCUT2D eigenvalue weighted by atomic mass is 32.2. The SMILES string of the molecule is Cc1ccc(S(=O)(=O)Nc2c(C)cccc2C(C)C)cc1C. The van der Waals surface area contributed by atoms with Crippen LogP contribution >= 0.6 is 0 Å². The minimum atomic E-state index is -3.58. The second kappa shape index (κ2) is 6.13. The van der Waals surface area contributed by atoms with Crippen LogP contribution in [0.1, 0.15) is 42.0 Å². The Labute approximate surface area is 133 Å². The van der Waals surface area contributed by atoms with E-state index in [1.54, 1.807) is 12.1 Å². The van der Waals surface area contributed by atoms with Gasteiger partial charge in [-0.05, 0) is 61.1 Å². The van der Waals surface area contributed by atoms with Crippen LogP contribution in [0.3, 0.4) is 0 Å². The third-order valence-electron chi connectivity index (χ3n) is 3.95. The van der Waals surface area contributed by atoms with Gasteiger partial charge in [0.1, 0.15) is 0 Å². The number of sulfonamides is 1. The molecule has 0 amide bonds. The Hall–Kier alpha value is -1.81. The maximum absolute atomic E-state index is 12.7. The number of rotatable bonds is 4. The highest BCUT2D eigenvalue weighted by Gasteiger charge is 2.18. The second-order valence-corrected chi connectivity index (χ2v) is 7.73. The first-order valence-corrected chi connectivity index (χ1v) is 8.90. The van der Waals surface area contributed by atoms with Gasteiger partial charge in [0.2, 0.25) is 0 Å². The number of anilines is 1. The number of aryl methyl sites for hydroxylation is 3. The van der Waals surface area contributed by atoms with Crippen molar-refractivity contribution in [2.45, 2.75) is 45.4 Å². The maximum Gasteiger partial charge on any atom is 0.261 e. The van der Waals surface area contributed by atoms with E-state index in [2.05, 4.69) is 18.6 Å². The molecule has 0 saturated heterocycles. The first kappa shape index (κ1) is 16.6. The minimum Gasteiger partial charge on any atom is -0.279 e. The number of para-hydroxylation sites is 1. The summed E-state index contributed by atoms with van der Waals surface area (Å²) in [6.45, 7) is 9.92. The monoisotopic (exact) mass is 317 g/mol. The van der Waals surface area contributed by atoms with Crippen molar-refractivity contribution in [3.8, 4) is 0 Å². The van der Waals surface area contributed by atoms with E-state index in [1.165, 1.54) is 0 Å². The lowest BCUT2D eigenvalue weighted by atomic mass is 9.99. The zero-order valence-corrected chi connectivity index (χ0v) is 14.6. The number of hydrogen-bond donors (Lipinski definition) is 1. The van der Waals surface area contributed by atoms with Crippen LogP contribution in [0, 0.1) is 20.8 Å². The van der Waals surface area contributed by atoms with Gasteiger partial charge in [0.25, 0.3) is 10.0 Å². The lowest BCUT2D eigenvalue weighted by molar-refractivity contribution is 0.601. The van der Waals surface area contributed by atoms with Gasteiger partial charge >= 0.3 is 0 Å². The molecule has 2 aromatic carbocycles. The van der Waals surface area contributed by atoms with E-state index in [4.69, 9.17) is 0 Å². The number of benzene rings is 2. The Morgan fingerprint density at radius 2 is 1.59 bits per heavy atom. The zero-order chi connectivity index (χ0) is 16.5. The average molecular weight is 317 g/mol.